The molecule has 1 aromatic rings. The van der Waals surface area contributed by atoms with Crippen LogP contribution in [-0.2, 0) is 21.4 Å². The molecule has 3 rings (SSSR count). The van der Waals surface area contributed by atoms with Crippen LogP contribution in [0.1, 0.15) is 25.0 Å². The van der Waals surface area contributed by atoms with Crippen LogP contribution in [-0.4, -0.2) is 22.7 Å². The Morgan fingerprint density at radius 1 is 1.71 bits per heavy atom. The smallest absolute Gasteiger partial charge is 0.310 e. The highest BCUT2D eigenvalue weighted by Crippen LogP contribution is 2.66. The van der Waals surface area contributed by atoms with E-state index in [1.807, 2.05) is 6.92 Å². The summed E-state index contributed by atoms with van der Waals surface area (Å²) in [4.78, 5) is 15.7. The molecule has 0 aliphatic heterocycles. The Labute approximate surface area is 99.6 Å². The minimum Gasteiger partial charge on any atom is -0.493 e. The first-order chi connectivity index (χ1) is 8.09. The second kappa shape index (κ2) is 3.22. The molecule has 1 fully saturated rings. The molecule has 1 N–H and O–H groups in total. The van der Waals surface area contributed by atoms with Crippen molar-refractivity contribution in [2.75, 3.05) is 6.61 Å². The predicted octanol–water partition coefficient (Wildman–Crippen LogP) is 1.41. The Hall–Kier alpha value is -1.58. The Morgan fingerprint density at radius 2 is 2.47 bits per heavy atom. The normalized spacial score (nSPS) is 32.8. The van der Waals surface area contributed by atoms with Gasteiger partial charge < -0.3 is 9.84 Å². The number of ether oxygens (including phenoxy) is 1. The molecule has 1 saturated carbocycles. The third-order valence-corrected chi connectivity index (χ3v) is 4.25. The molecular weight excluding hydrogens is 218 g/mol. The molecule has 0 bridgehead atoms. The van der Waals surface area contributed by atoms with Crippen molar-refractivity contribution in [3.63, 3.8) is 0 Å². The van der Waals surface area contributed by atoms with Crippen molar-refractivity contribution in [2.24, 2.45) is 11.8 Å². The lowest BCUT2D eigenvalue weighted by Gasteiger charge is -2.12. The molecule has 2 aliphatic carbocycles. The molecule has 4 nitrogen and oxygen atoms in total. The largest absolute Gasteiger partial charge is 0.493 e. The van der Waals surface area contributed by atoms with Crippen LogP contribution in [0.25, 0.3) is 0 Å². The summed E-state index contributed by atoms with van der Waals surface area (Å²) in [5, 5.41) is 9.34. The Balaban J connectivity index is 1.92. The highest BCUT2D eigenvalue weighted by molar-refractivity contribution is 5.81. The summed E-state index contributed by atoms with van der Waals surface area (Å²) < 4.78 is 5.10. The van der Waals surface area contributed by atoms with E-state index in [4.69, 9.17) is 4.74 Å². The fraction of sp³-hybridized carbons (Fsp3) is 0.538. The van der Waals surface area contributed by atoms with E-state index < -0.39 is 0 Å². The van der Waals surface area contributed by atoms with Crippen molar-refractivity contribution < 1.29 is 14.6 Å². The first-order valence-electron chi connectivity index (χ1n) is 5.94. The average molecular weight is 233 g/mol. The van der Waals surface area contributed by atoms with E-state index in [1.54, 1.807) is 12.3 Å². The van der Waals surface area contributed by atoms with Gasteiger partial charge in [-0.2, -0.15) is 0 Å². The van der Waals surface area contributed by atoms with Crippen molar-refractivity contribution in [1.82, 2.24) is 4.98 Å². The molecule has 0 spiro atoms. The van der Waals surface area contributed by atoms with Gasteiger partial charge in [0.15, 0.2) is 0 Å². The second-order valence-electron chi connectivity index (χ2n) is 5.02. The van der Waals surface area contributed by atoms with Crippen LogP contribution < -0.4 is 0 Å². The molecule has 1 aromatic heterocycles. The second-order valence-corrected chi connectivity index (χ2v) is 5.02. The van der Waals surface area contributed by atoms with Crippen LogP contribution in [0, 0.1) is 11.8 Å². The standard InChI is InChI=1S/C13H15NO3/c1-3-17-12(16)11-8-4-7-5-10(15)14-6-9(7)13(8,11)2/h5-6,8,11H,3-4H2,1-2H3,(H,14,15)/t8-,11+,13?/m0/s1. The average Bonchev–Trinajstić information content (AvgIpc) is 2.74. The van der Waals surface area contributed by atoms with Gasteiger partial charge >= 0.3 is 5.97 Å². The van der Waals surface area contributed by atoms with Gasteiger partial charge in [0.2, 0.25) is 5.88 Å². The molecule has 1 heterocycles. The van der Waals surface area contributed by atoms with Crippen molar-refractivity contribution in [3.8, 4) is 5.88 Å². The summed E-state index contributed by atoms with van der Waals surface area (Å²) in [5.41, 5.74) is 2.09. The van der Waals surface area contributed by atoms with Crippen LogP contribution >= 0.6 is 0 Å². The number of rotatable bonds is 2. The molecule has 0 radical (unpaired) electrons. The first-order valence-corrected chi connectivity index (χ1v) is 5.94. The Kier molecular flexibility index (Phi) is 2.00. The lowest BCUT2D eigenvalue weighted by Crippen LogP contribution is -2.16. The van der Waals surface area contributed by atoms with Gasteiger partial charge in [0.25, 0.3) is 0 Å². The van der Waals surface area contributed by atoms with Crippen molar-refractivity contribution in [1.29, 1.82) is 0 Å². The number of nitrogens with zero attached hydrogens (tertiary/aromatic N) is 1. The minimum atomic E-state index is -0.123. The number of carbonyl (C=O) groups excluding carboxylic acids is 1. The van der Waals surface area contributed by atoms with Crippen LogP contribution in [0.15, 0.2) is 12.3 Å². The number of esters is 1. The van der Waals surface area contributed by atoms with E-state index in [-0.39, 0.29) is 23.2 Å². The molecular formula is C13H15NO3. The van der Waals surface area contributed by atoms with Crippen molar-refractivity contribution in [2.45, 2.75) is 25.7 Å². The summed E-state index contributed by atoms with van der Waals surface area (Å²) in [5.74, 6) is 0.251. The van der Waals surface area contributed by atoms with E-state index in [2.05, 4.69) is 11.9 Å². The summed E-state index contributed by atoms with van der Waals surface area (Å²) in [6, 6.07) is 1.70. The van der Waals surface area contributed by atoms with E-state index in [1.165, 1.54) is 0 Å². The highest BCUT2D eigenvalue weighted by Gasteiger charge is 2.70. The van der Waals surface area contributed by atoms with Gasteiger partial charge in [0.1, 0.15) is 0 Å². The Morgan fingerprint density at radius 3 is 3.18 bits per heavy atom. The molecule has 90 valence electrons. The zero-order valence-corrected chi connectivity index (χ0v) is 9.93. The van der Waals surface area contributed by atoms with Gasteiger partial charge in [-0.3, -0.25) is 4.79 Å². The zero-order chi connectivity index (χ0) is 12.2. The van der Waals surface area contributed by atoms with Gasteiger partial charge in [-0.25, -0.2) is 4.98 Å². The van der Waals surface area contributed by atoms with Gasteiger partial charge in [-0.1, -0.05) is 6.92 Å². The molecule has 0 saturated heterocycles. The number of aromatic nitrogens is 1. The van der Waals surface area contributed by atoms with E-state index >= 15 is 0 Å². The molecule has 0 aromatic carbocycles. The number of hydrogen-bond acceptors (Lipinski definition) is 4. The van der Waals surface area contributed by atoms with Gasteiger partial charge in [-0.05, 0) is 30.4 Å². The predicted molar refractivity (Wildman–Crippen MR) is 60.6 cm³/mol. The fourth-order valence-corrected chi connectivity index (χ4v) is 3.32. The monoisotopic (exact) mass is 233 g/mol. The summed E-state index contributed by atoms with van der Waals surface area (Å²) in [6.07, 6.45) is 2.54. The number of pyridine rings is 1. The maximum absolute atomic E-state index is 11.8. The van der Waals surface area contributed by atoms with Crippen LogP contribution in [0.4, 0.5) is 0 Å². The van der Waals surface area contributed by atoms with Crippen molar-refractivity contribution >= 4 is 5.97 Å². The van der Waals surface area contributed by atoms with Crippen LogP contribution in [0.5, 0.6) is 5.88 Å². The molecule has 17 heavy (non-hydrogen) atoms. The fourth-order valence-electron chi connectivity index (χ4n) is 3.32. The maximum Gasteiger partial charge on any atom is 0.310 e. The van der Waals surface area contributed by atoms with Crippen molar-refractivity contribution in [3.05, 3.63) is 23.4 Å². The van der Waals surface area contributed by atoms with Crippen LogP contribution in [0.2, 0.25) is 0 Å². The molecule has 3 atom stereocenters. The molecule has 1 unspecified atom stereocenters. The molecule has 2 aliphatic rings. The third-order valence-electron chi connectivity index (χ3n) is 4.25. The number of carbonyl (C=O) groups is 1. The van der Waals surface area contributed by atoms with E-state index in [9.17, 15) is 9.90 Å². The molecule has 0 amide bonds. The third kappa shape index (κ3) is 1.24. The highest BCUT2D eigenvalue weighted by atomic mass is 16.5. The molecule has 4 heteroatoms. The zero-order valence-electron chi connectivity index (χ0n) is 9.93. The van der Waals surface area contributed by atoms with Gasteiger partial charge in [0.05, 0.1) is 12.5 Å². The van der Waals surface area contributed by atoms with Gasteiger partial charge in [-0.15, -0.1) is 0 Å². The minimum absolute atomic E-state index is 0.0266. The van der Waals surface area contributed by atoms with E-state index in [0.29, 0.717) is 12.5 Å². The summed E-state index contributed by atoms with van der Waals surface area (Å²) >= 11 is 0. The quantitative estimate of drug-likeness (QED) is 0.785. The Bertz CT molecular complexity index is 499. The number of hydrogen-bond donors (Lipinski definition) is 1. The first kappa shape index (κ1) is 10.6. The topological polar surface area (TPSA) is 59.4 Å². The maximum atomic E-state index is 11.8. The summed E-state index contributed by atoms with van der Waals surface area (Å²) in [7, 11) is 0. The SMILES string of the molecule is CCOC(=O)[C@H]1[C@@H]2Cc3cc(O)ncc3C21C. The lowest BCUT2D eigenvalue weighted by atomic mass is 9.96. The van der Waals surface area contributed by atoms with Crippen LogP contribution in [0.3, 0.4) is 0 Å². The number of aromatic hydroxyl groups is 1. The van der Waals surface area contributed by atoms with E-state index in [0.717, 1.165) is 17.5 Å². The number of fused-ring (bicyclic) bond motifs is 3. The summed E-state index contributed by atoms with van der Waals surface area (Å²) in [6.45, 7) is 4.34. The van der Waals surface area contributed by atoms with Gasteiger partial charge in [0, 0.05) is 17.7 Å². The lowest BCUT2D eigenvalue weighted by molar-refractivity contribution is -0.145.